The number of likely N-dealkylation sites (N-methyl/N-ethyl adjacent to an activating group) is 1. The first-order valence-corrected chi connectivity index (χ1v) is 7.47. The van der Waals surface area contributed by atoms with E-state index in [0.29, 0.717) is 13.0 Å². The maximum atomic E-state index is 11.9. The Bertz CT molecular complexity index is 381. The van der Waals surface area contributed by atoms with E-state index >= 15 is 0 Å². The van der Waals surface area contributed by atoms with Crippen molar-refractivity contribution in [2.45, 2.75) is 32.7 Å². The van der Waals surface area contributed by atoms with Gasteiger partial charge in [-0.25, -0.2) is 0 Å². The highest BCUT2D eigenvalue weighted by Crippen LogP contribution is 2.01. The molecule has 0 aliphatic carbocycles. The molecule has 1 amide bonds. The molecule has 4 heteroatoms. The van der Waals surface area contributed by atoms with Crippen LogP contribution in [0.2, 0.25) is 0 Å². The zero-order valence-corrected chi connectivity index (χ0v) is 12.6. The summed E-state index contributed by atoms with van der Waals surface area (Å²) < 4.78 is 0. The van der Waals surface area contributed by atoms with Crippen LogP contribution in [0.5, 0.6) is 0 Å². The Kier molecular flexibility index (Phi) is 7.92. The topological polar surface area (TPSA) is 58.4 Å². The minimum Gasteiger partial charge on any atom is -0.353 e. The van der Waals surface area contributed by atoms with Crippen molar-refractivity contribution in [2.75, 3.05) is 26.2 Å². The van der Waals surface area contributed by atoms with E-state index in [4.69, 9.17) is 5.73 Å². The molecule has 0 radical (unpaired) electrons. The van der Waals surface area contributed by atoms with Gasteiger partial charge in [0.1, 0.15) is 0 Å². The zero-order chi connectivity index (χ0) is 14.8. The molecule has 0 aromatic heterocycles. The number of hydrogen-bond donors (Lipinski definition) is 2. The predicted molar refractivity (Wildman–Crippen MR) is 83.5 cm³/mol. The van der Waals surface area contributed by atoms with E-state index in [0.717, 1.165) is 31.6 Å². The summed E-state index contributed by atoms with van der Waals surface area (Å²) in [5, 5.41) is 2.92. The van der Waals surface area contributed by atoms with Crippen LogP contribution in [0.25, 0.3) is 0 Å². The number of nitrogens with two attached hydrogens (primary N) is 1. The van der Waals surface area contributed by atoms with Crippen molar-refractivity contribution in [2.24, 2.45) is 5.73 Å². The summed E-state index contributed by atoms with van der Waals surface area (Å²) in [4.78, 5) is 14.2. The van der Waals surface area contributed by atoms with Crippen molar-refractivity contribution in [3.05, 3.63) is 35.9 Å². The molecule has 1 rings (SSSR count). The lowest BCUT2D eigenvalue weighted by molar-refractivity contribution is -0.122. The molecule has 0 fully saturated rings. The number of amides is 1. The maximum absolute atomic E-state index is 11.9. The molecule has 0 spiro atoms. The van der Waals surface area contributed by atoms with Gasteiger partial charge in [-0.05, 0) is 31.5 Å². The Hall–Kier alpha value is -1.39. The lowest BCUT2D eigenvalue weighted by Gasteiger charge is -2.20. The van der Waals surface area contributed by atoms with Gasteiger partial charge in [0.05, 0.1) is 6.04 Å². The third-order valence-corrected chi connectivity index (χ3v) is 3.35. The predicted octanol–water partition coefficient (Wildman–Crippen LogP) is 1.40. The fourth-order valence-corrected chi connectivity index (χ4v) is 2.17. The second-order valence-electron chi connectivity index (χ2n) is 5.02. The van der Waals surface area contributed by atoms with Gasteiger partial charge in [-0.3, -0.25) is 4.79 Å². The second-order valence-corrected chi connectivity index (χ2v) is 5.02. The molecule has 1 aromatic carbocycles. The standard InChI is InChI=1S/C16H27N3O/c1-3-11-19(4-2)12-10-18-16(20)15(17)13-14-8-6-5-7-9-14/h5-9,15H,3-4,10-13,17H2,1-2H3,(H,18,20)/t15-/m1/s1. The fourth-order valence-electron chi connectivity index (χ4n) is 2.17. The van der Waals surface area contributed by atoms with Gasteiger partial charge in [0, 0.05) is 13.1 Å². The Morgan fingerprint density at radius 2 is 1.95 bits per heavy atom. The Balaban J connectivity index is 2.28. The van der Waals surface area contributed by atoms with Crippen molar-refractivity contribution in [1.82, 2.24) is 10.2 Å². The summed E-state index contributed by atoms with van der Waals surface area (Å²) >= 11 is 0. The van der Waals surface area contributed by atoms with Crippen LogP contribution in [0, 0.1) is 0 Å². The summed E-state index contributed by atoms with van der Waals surface area (Å²) in [6.07, 6.45) is 1.72. The Morgan fingerprint density at radius 3 is 2.55 bits per heavy atom. The second kappa shape index (κ2) is 9.50. The summed E-state index contributed by atoms with van der Waals surface area (Å²) in [5.74, 6) is -0.0681. The van der Waals surface area contributed by atoms with Gasteiger partial charge in [-0.2, -0.15) is 0 Å². The number of carbonyl (C=O) groups is 1. The number of nitrogens with zero attached hydrogens (tertiary/aromatic N) is 1. The molecule has 0 aliphatic rings. The number of nitrogens with one attached hydrogen (secondary N) is 1. The maximum Gasteiger partial charge on any atom is 0.237 e. The van der Waals surface area contributed by atoms with Crippen LogP contribution in [-0.2, 0) is 11.2 Å². The van der Waals surface area contributed by atoms with E-state index in [1.165, 1.54) is 0 Å². The molecule has 0 aliphatic heterocycles. The third kappa shape index (κ3) is 6.17. The van der Waals surface area contributed by atoms with Crippen LogP contribution in [0.1, 0.15) is 25.8 Å². The summed E-state index contributed by atoms with van der Waals surface area (Å²) in [5.41, 5.74) is 7.03. The number of hydrogen-bond acceptors (Lipinski definition) is 3. The van der Waals surface area contributed by atoms with Crippen LogP contribution in [0.3, 0.4) is 0 Å². The third-order valence-electron chi connectivity index (χ3n) is 3.35. The van der Waals surface area contributed by atoms with E-state index in [1.54, 1.807) is 0 Å². The average Bonchev–Trinajstić information content (AvgIpc) is 2.47. The molecule has 0 bridgehead atoms. The van der Waals surface area contributed by atoms with Crippen LogP contribution in [0.4, 0.5) is 0 Å². The molecule has 4 nitrogen and oxygen atoms in total. The molecular weight excluding hydrogens is 250 g/mol. The average molecular weight is 277 g/mol. The fraction of sp³-hybridized carbons (Fsp3) is 0.562. The lowest BCUT2D eigenvalue weighted by Crippen LogP contribution is -2.44. The van der Waals surface area contributed by atoms with Crippen molar-refractivity contribution in [1.29, 1.82) is 0 Å². The molecule has 0 heterocycles. The van der Waals surface area contributed by atoms with Crippen molar-refractivity contribution < 1.29 is 4.79 Å². The monoisotopic (exact) mass is 277 g/mol. The zero-order valence-electron chi connectivity index (χ0n) is 12.6. The normalized spacial score (nSPS) is 12.4. The van der Waals surface area contributed by atoms with Crippen LogP contribution >= 0.6 is 0 Å². The largest absolute Gasteiger partial charge is 0.353 e. The van der Waals surface area contributed by atoms with E-state index in [9.17, 15) is 4.79 Å². The van der Waals surface area contributed by atoms with E-state index in [1.807, 2.05) is 30.3 Å². The smallest absolute Gasteiger partial charge is 0.237 e. The van der Waals surface area contributed by atoms with Crippen LogP contribution in [-0.4, -0.2) is 43.0 Å². The highest BCUT2D eigenvalue weighted by Gasteiger charge is 2.13. The first-order valence-electron chi connectivity index (χ1n) is 7.47. The summed E-state index contributed by atoms with van der Waals surface area (Å²) in [6.45, 7) is 7.93. The lowest BCUT2D eigenvalue weighted by atomic mass is 10.1. The number of rotatable bonds is 9. The SMILES string of the molecule is CCCN(CC)CCNC(=O)[C@H](N)Cc1ccccc1. The molecule has 112 valence electrons. The van der Waals surface area contributed by atoms with Crippen LogP contribution < -0.4 is 11.1 Å². The number of carbonyl (C=O) groups excluding carboxylic acids is 1. The quantitative estimate of drug-likeness (QED) is 0.717. The molecular formula is C16H27N3O. The Labute approximate surface area is 122 Å². The van der Waals surface area contributed by atoms with Gasteiger partial charge in [-0.15, -0.1) is 0 Å². The van der Waals surface area contributed by atoms with Gasteiger partial charge in [0.15, 0.2) is 0 Å². The highest BCUT2D eigenvalue weighted by atomic mass is 16.2. The minimum atomic E-state index is -0.473. The highest BCUT2D eigenvalue weighted by molar-refractivity contribution is 5.81. The van der Waals surface area contributed by atoms with Gasteiger partial charge in [0.2, 0.25) is 5.91 Å². The van der Waals surface area contributed by atoms with E-state index in [2.05, 4.69) is 24.1 Å². The van der Waals surface area contributed by atoms with Crippen molar-refractivity contribution >= 4 is 5.91 Å². The molecule has 0 saturated carbocycles. The molecule has 1 aromatic rings. The molecule has 20 heavy (non-hydrogen) atoms. The van der Waals surface area contributed by atoms with Gasteiger partial charge < -0.3 is 16.0 Å². The molecule has 0 unspecified atom stereocenters. The number of benzene rings is 1. The van der Waals surface area contributed by atoms with Gasteiger partial charge in [-0.1, -0.05) is 44.2 Å². The van der Waals surface area contributed by atoms with E-state index < -0.39 is 6.04 Å². The van der Waals surface area contributed by atoms with E-state index in [-0.39, 0.29) is 5.91 Å². The minimum absolute atomic E-state index is 0.0681. The molecule has 0 saturated heterocycles. The van der Waals surface area contributed by atoms with Crippen LogP contribution in [0.15, 0.2) is 30.3 Å². The van der Waals surface area contributed by atoms with Crippen molar-refractivity contribution in [3.63, 3.8) is 0 Å². The molecule has 3 N–H and O–H groups in total. The van der Waals surface area contributed by atoms with Gasteiger partial charge in [0.25, 0.3) is 0 Å². The summed E-state index contributed by atoms with van der Waals surface area (Å²) in [6, 6.07) is 9.40. The van der Waals surface area contributed by atoms with Gasteiger partial charge >= 0.3 is 0 Å². The molecule has 1 atom stereocenters. The summed E-state index contributed by atoms with van der Waals surface area (Å²) in [7, 11) is 0. The van der Waals surface area contributed by atoms with Crippen molar-refractivity contribution in [3.8, 4) is 0 Å². The first-order chi connectivity index (χ1) is 9.67. The first kappa shape index (κ1) is 16.7. The Morgan fingerprint density at radius 1 is 1.25 bits per heavy atom.